The number of esters is 1. The molecule has 3 aromatic rings. The highest BCUT2D eigenvalue weighted by molar-refractivity contribution is 9.10. The van der Waals surface area contributed by atoms with E-state index in [4.69, 9.17) is 9.47 Å². The quantitative estimate of drug-likeness (QED) is 0.228. The summed E-state index contributed by atoms with van der Waals surface area (Å²) < 4.78 is 11.8. The molecule has 1 aliphatic carbocycles. The van der Waals surface area contributed by atoms with Crippen LogP contribution >= 0.6 is 15.9 Å². The van der Waals surface area contributed by atoms with Crippen LogP contribution in [0.25, 0.3) is 0 Å². The van der Waals surface area contributed by atoms with Crippen molar-refractivity contribution in [2.45, 2.75) is 12.8 Å². The van der Waals surface area contributed by atoms with Crippen molar-refractivity contribution < 1.29 is 23.9 Å². The van der Waals surface area contributed by atoms with Gasteiger partial charge in [0.1, 0.15) is 11.5 Å². The molecule has 0 spiro atoms. The predicted octanol–water partition coefficient (Wildman–Crippen LogP) is 4.99. The highest BCUT2D eigenvalue weighted by Crippen LogP contribution is 2.78. The summed E-state index contributed by atoms with van der Waals surface area (Å²) in [6.45, 7) is 1.67. The molecule has 0 bridgehead atoms. The van der Waals surface area contributed by atoms with Crippen molar-refractivity contribution in [2.75, 3.05) is 12.4 Å². The molecule has 1 aliphatic heterocycles. The van der Waals surface area contributed by atoms with E-state index in [-0.39, 0.29) is 5.78 Å². The van der Waals surface area contributed by atoms with E-state index in [9.17, 15) is 14.4 Å². The maximum atomic E-state index is 13.8. The van der Waals surface area contributed by atoms with Crippen LogP contribution < -0.4 is 14.8 Å². The molecule has 0 radical (unpaired) electrons. The molecule has 0 saturated heterocycles. The Hall–Kier alpha value is -3.45. The molecule has 1 fully saturated rings. The van der Waals surface area contributed by atoms with Gasteiger partial charge in [-0.15, -0.1) is 0 Å². The Morgan fingerprint density at radius 1 is 1.00 bits per heavy atom. The van der Waals surface area contributed by atoms with Gasteiger partial charge in [0.25, 0.3) is 0 Å². The maximum absolute atomic E-state index is 13.8. The number of anilines is 1. The van der Waals surface area contributed by atoms with E-state index in [0.29, 0.717) is 28.3 Å². The minimum Gasteiger partial charge on any atom is -0.495 e. The number of benzene rings is 3. The first-order chi connectivity index (χ1) is 15.9. The molecule has 0 unspecified atom stereocenters. The normalized spacial score (nSPS) is 24.7. The lowest BCUT2D eigenvalue weighted by atomic mass is 9.86. The monoisotopic (exact) mass is 505 g/mol. The number of ether oxygens (including phenoxy) is 2. The molecule has 33 heavy (non-hydrogen) atoms. The van der Waals surface area contributed by atoms with E-state index in [2.05, 4.69) is 21.2 Å². The number of para-hydroxylation sites is 3. The molecule has 3 aromatic carbocycles. The molecule has 1 amide bonds. The number of hydrogen-bond donors (Lipinski definition) is 1. The molecular weight excluding hydrogens is 486 g/mol. The first-order valence-corrected chi connectivity index (χ1v) is 11.2. The first kappa shape index (κ1) is 21.4. The van der Waals surface area contributed by atoms with Gasteiger partial charge in [0.05, 0.1) is 18.2 Å². The van der Waals surface area contributed by atoms with Gasteiger partial charge in [-0.2, -0.15) is 0 Å². The second-order valence-electron chi connectivity index (χ2n) is 8.36. The van der Waals surface area contributed by atoms with Crippen molar-refractivity contribution in [3.05, 3.63) is 88.4 Å². The number of carbonyl (C=O) groups excluding carboxylic acids is 3. The highest BCUT2D eigenvalue weighted by Gasteiger charge is 2.88. The SMILES string of the molecule is COc1ccccc1NC(=O)[C@]12C(=O)Oc3ccccc3[C@H]1[C@@]2(C)C(=O)c1ccc(Br)cc1. The predicted molar refractivity (Wildman–Crippen MR) is 125 cm³/mol. The van der Waals surface area contributed by atoms with Gasteiger partial charge < -0.3 is 14.8 Å². The lowest BCUT2D eigenvalue weighted by molar-refractivity contribution is -0.147. The van der Waals surface area contributed by atoms with Crippen LogP contribution in [0.2, 0.25) is 0 Å². The topological polar surface area (TPSA) is 81.7 Å². The number of rotatable bonds is 5. The number of hydrogen-bond acceptors (Lipinski definition) is 5. The third-order valence-electron chi connectivity index (χ3n) is 6.79. The Labute approximate surface area is 199 Å². The largest absolute Gasteiger partial charge is 0.495 e. The van der Waals surface area contributed by atoms with E-state index < -0.39 is 28.6 Å². The summed E-state index contributed by atoms with van der Waals surface area (Å²) in [7, 11) is 1.50. The van der Waals surface area contributed by atoms with Crippen LogP contribution in [0.15, 0.2) is 77.3 Å². The van der Waals surface area contributed by atoms with Crippen LogP contribution in [0.1, 0.15) is 28.8 Å². The van der Waals surface area contributed by atoms with Gasteiger partial charge >= 0.3 is 5.97 Å². The number of Topliss-reactive ketones (excluding diaryl/α,β-unsaturated/α-hetero) is 1. The summed E-state index contributed by atoms with van der Waals surface area (Å²) in [6.07, 6.45) is 0. The average Bonchev–Trinajstić information content (AvgIpc) is 3.43. The standard InChI is InChI=1S/C26H20BrNO5/c1-25(22(29)15-11-13-16(27)14-12-15)21-17-7-3-5-9-19(17)33-24(31)26(21,25)23(30)28-18-8-4-6-10-20(18)32-2/h3-14,21H,1-2H3,(H,28,30)/t21-,25-,26-/m0/s1. The Balaban J connectivity index is 1.64. The van der Waals surface area contributed by atoms with Gasteiger partial charge in [-0.1, -0.05) is 58.4 Å². The number of ketones is 1. The molecule has 2 aliphatic rings. The fourth-order valence-corrected chi connectivity index (χ4v) is 5.39. The molecule has 1 saturated carbocycles. The van der Waals surface area contributed by atoms with E-state index >= 15 is 0 Å². The fraction of sp³-hybridized carbons (Fsp3) is 0.192. The Morgan fingerprint density at radius 2 is 1.67 bits per heavy atom. The lowest BCUT2D eigenvalue weighted by Crippen LogP contribution is -2.42. The molecule has 1 heterocycles. The molecular formula is C26H20BrNO5. The zero-order valence-electron chi connectivity index (χ0n) is 17.9. The Morgan fingerprint density at radius 3 is 2.39 bits per heavy atom. The number of amides is 1. The lowest BCUT2D eigenvalue weighted by Gasteiger charge is -2.23. The number of halogens is 1. The minimum atomic E-state index is -1.70. The van der Waals surface area contributed by atoms with Crippen LogP contribution in [0, 0.1) is 10.8 Å². The summed E-state index contributed by atoms with van der Waals surface area (Å²) in [4.78, 5) is 41.1. The number of nitrogens with one attached hydrogen (secondary N) is 1. The molecule has 6 nitrogen and oxygen atoms in total. The summed E-state index contributed by atoms with van der Waals surface area (Å²) in [5.74, 6) is -1.45. The first-order valence-electron chi connectivity index (χ1n) is 10.4. The number of carbonyl (C=O) groups is 3. The summed E-state index contributed by atoms with van der Waals surface area (Å²) in [5.41, 5.74) is -1.52. The van der Waals surface area contributed by atoms with Crippen molar-refractivity contribution >= 4 is 39.3 Å². The summed E-state index contributed by atoms with van der Waals surface area (Å²) >= 11 is 3.38. The van der Waals surface area contributed by atoms with Crippen LogP contribution in [0.4, 0.5) is 5.69 Å². The van der Waals surface area contributed by atoms with Crippen molar-refractivity contribution in [3.63, 3.8) is 0 Å². The van der Waals surface area contributed by atoms with E-state index in [1.165, 1.54) is 7.11 Å². The molecule has 7 heteroatoms. The Bertz CT molecular complexity index is 1300. The smallest absolute Gasteiger partial charge is 0.328 e. The molecule has 0 aromatic heterocycles. The number of methoxy groups -OCH3 is 1. The third-order valence-corrected chi connectivity index (χ3v) is 7.32. The fourth-order valence-electron chi connectivity index (χ4n) is 5.13. The molecule has 1 N–H and O–H groups in total. The Kier molecular flexibility index (Phi) is 4.90. The van der Waals surface area contributed by atoms with Crippen LogP contribution in [0.5, 0.6) is 11.5 Å². The highest BCUT2D eigenvalue weighted by atomic mass is 79.9. The van der Waals surface area contributed by atoms with Gasteiger partial charge in [-0.05, 0) is 37.3 Å². The van der Waals surface area contributed by atoms with Gasteiger partial charge in [0, 0.05) is 21.5 Å². The maximum Gasteiger partial charge on any atom is 0.328 e. The summed E-state index contributed by atoms with van der Waals surface area (Å²) in [6, 6.07) is 20.9. The zero-order valence-corrected chi connectivity index (χ0v) is 19.5. The second-order valence-corrected chi connectivity index (χ2v) is 9.28. The van der Waals surface area contributed by atoms with Gasteiger partial charge in [0.15, 0.2) is 11.2 Å². The van der Waals surface area contributed by atoms with Crippen LogP contribution in [-0.4, -0.2) is 24.8 Å². The van der Waals surface area contributed by atoms with Crippen molar-refractivity contribution in [1.29, 1.82) is 0 Å². The van der Waals surface area contributed by atoms with Crippen LogP contribution in [0.3, 0.4) is 0 Å². The molecule has 3 atom stereocenters. The number of fused-ring (bicyclic) bond motifs is 3. The minimum absolute atomic E-state index is 0.288. The van der Waals surface area contributed by atoms with E-state index in [1.54, 1.807) is 73.7 Å². The van der Waals surface area contributed by atoms with Gasteiger partial charge in [-0.25, -0.2) is 0 Å². The van der Waals surface area contributed by atoms with Crippen molar-refractivity contribution in [2.24, 2.45) is 10.8 Å². The second kappa shape index (κ2) is 7.56. The van der Waals surface area contributed by atoms with Gasteiger partial charge in [0.2, 0.25) is 5.91 Å². The van der Waals surface area contributed by atoms with E-state index in [1.807, 2.05) is 6.07 Å². The summed E-state index contributed by atoms with van der Waals surface area (Å²) in [5, 5.41) is 2.82. The van der Waals surface area contributed by atoms with Crippen molar-refractivity contribution in [1.82, 2.24) is 0 Å². The third kappa shape index (κ3) is 2.88. The molecule has 5 rings (SSSR count). The average molecular weight is 506 g/mol. The zero-order chi connectivity index (χ0) is 23.4. The van der Waals surface area contributed by atoms with Crippen LogP contribution in [-0.2, 0) is 9.59 Å². The van der Waals surface area contributed by atoms with Crippen molar-refractivity contribution in [3.8, 4) is 11.5 Å². The molecule has 166 valence electrons. The van der Waals surface area contributed by atoms with E-state index in [0.717, 1.165) is 4.47 Å². The van der Waals surface area contributed by atoms with Gasteiger partial charge in [-0.3, -0.25) is 14.4 Å².